The first kappa shape index (κ1) is 10.5. The van der Waals surface area contributed by atoms with Crippen LogP contribution >= 0.6 is 0 Å². The highest BCUT2D eigenvalue weighted by molar-refractivity contribution is 5.78. The standard InChI is InChI=1S/C10H20N2O/c1-4-12-7-8(2)5-11-6-9(3)10(12)13/h8-9,11H,4-7H2,1-3H3. The Labute approximate surface area is 80.5 Å². The maximum absolute atomic E-state index is 11.8. The quantitative estimate of drug-likeness (QED) is 0.651. The number of nitrogens with one attached hydrogen (secondary N) is 1. The molecule has 0 aliphatic carbocycles. The van der Waals surface area contributed by atoms with Gasteiger partial charge >= 0.3 is 0 Å². The lowest BCUT2D eigenvalue weighted by molar-refractivity contribution is -0.135. The van der Waals surface area contributed by atoms with Gasteiger partial charge in [-0.25, -0.2) is 0 Å². The molecule has 1 N–H and O–H groups in total. The lowest BCUT2D eigenvalue weighted by atomic mass is 10.1. The molecule has 2 atom stereocenters. The summed E-state index contributed by atoms with van der Waals surface area (Å²) in [7, 11) is 0. The second kappa shape index (κ2) is 4.61. The Hall–Kier alpha value is -0.570. The summed E-state index contributed by atoms with van der Waals surface area (Å²) >= 11 is 0. The maximum atomic E-state index is 11.8. The number of hydrogen-bond donors (Lipinski definition) is 1. The van der Waals surface area contributed by atoms with Gasteiger partial charge in [0.05, 0.1) is 0 Å². The molecule has 0 aromatic heterocycles. The minimum Gasteiger partial charge on any atom is -0.342 e. The van der Waals surface area contributed by atoms with Gasteiger partial charge in [-0.15, -0.1) is 0 Å². The molecule has 1 fully saturated rings. The Bertz CT molecular complexity index is 182. The van der Waals surface area contributed by atoms with Crippen molar-refractivity contribution in [1.82, 2.24) is 10.2 Å². The number of carbonyl (C=O) groups excluding carboxylic acids is 1. The third-order valence-corrected chi connectivity index (χ3v) is 2.59. The van der Waals surface area contributed by atoms with Crippen LogP contribution in [0.25, 0.3) is 0 Å². The molecule has 13 heavy (non-hydrogen) atoms. The van der Waals surface area contributed by atoms with Gasteiger partial charge < -0.3 is 10.2 Å². The molecule has 76 valence electrons. The average molecular weight is 184 g/mol. The van der Waals surface area contributed by atoms with Crippen LogP contribution in [0.3, 0.4) is 0 Å². The van der Waals surface area contributed by atoms with E-state index in [0.717, 1.165) is 26.2 Å². The van der Waals surface area contributed by atoms with Crippen molar-refractivity contribution in [3.05, 3.63) is 0 Å². The van der Waals surface area contributed by atoms with E-state index in [1.165, 1.54) is 0 Å². The summed E-state index contributed by atoms with van der Waals surface area (Å²) in [5.41, 5.74) is 0. The van der Waals surface area contributed by atoms with E-state index in [1.807, 2.05) is 18.7 Å². The Morgan fingerprint density at radius 1 is 1.46 bits per heavy atom. The summed E-state index contributed by atoms with van der Waals surface area (Å²) in [4.78, 5) is 13.7. The van der Waals surface area contributed by atoms with Gasteiger partial charge in [0.1, 0.15) is 0 Å². The fourth-order valence-corrected chi connectivity index (χ4v) is 1.76. The highest BCUT2D eigenvalue weighted by Gasteiger charge is 2.22. The van der Waals surface area contributed by atoms with Crippen molar-refractivity contribution >= 4 is 5.91 Å². The van der Waals surface area contributed by atoms with Crippen LogP contribution in [0.15, 0.2) is 0 Å². The van der Waals surface area contributed by atoms with E-state index >= 15 is 0 Å². The highest BCUT2D eigenvalue weighted by Crippen LogP contribution is 2.08. The molecule has 0 saturated carbocycles. The molecule has 0 radical (unpaired) electrons. The second-order valence-electron chi connectivity index (χ2n) is 4.04. The van der Waals surface area contributed by atoms with Crippen LogP contribution in [0, 0.1) is 11.8 Å². The van der Waals surface area contributed by atoms with Crippen LogP contribution in [0.5, 0.6) is 0 Å². The molecule has 1 amide bonds. The smallest absolute Gasteiger partial charge is 0.226 e. The van der Waals surface area contributed by atoms with Gasteiger partial charge in [0, 0.05) is 25.6 Å². The first-order valence-corrected chi connectivity index (χ1v) is 5.14. The van der Waals surface area contributed by atoms with Gasteiger partial charge in [-0.1, -0.05) is 13.8 Å². The number of amides is 1. The number of carbonyl (C=O) groups is 1. The van der Waals surface area contributed by atoms with Crippen molar-refractivity contribution in [2.75, 3.05) is 26.2 Å². The SMILES string of the molecule is CCN1CC(C)CNCC(C)C1=O. The Kier molecular flexibility index (Phi) is 3.72. The largest absolute Gasteiger partial charge is 0.342 e. The van der Waals surface area contributed by atoms with Gasteiger partial charge in [-0.05, 0) is 19.4 Å². The third-order valence-electron chi connectivity index (χ3n) is 2.59. The predicted octanol–water partition coefficient (Wildman–Crippen LogP) is 0.710. The molecule has 2 unspecified atom stereocenters. The molecule has 3 heteroatoms. The van der Waals surface area contributed by atoms with E-state index in [0.29, 0.717) is 11.8 Å². The molecule has 1 saturated heterocycles. The monoisotopic (exact) mass is 184 g/mol. The van der Waals surface area contributed by atoms with Gasteiger partial charge in [-0.3, -0.25) is 4.79 Å². The summed E-state index contributed by atoms with van der Waals surface area (Å²) < 4.78 is 0. The van der Waals surface area contributed by atoms with E-state index in [1.54, 1.807) is 0 Å². The Morgan fingerprint density at radius 3 is 2.77 bits per heavy atom. The molecule has 1 heterocycles. The van der Waals surface area contributed by atoms with Crippen molar-refractivity contribution in [2.45, 2.75) is 20.8 Å². The van der Waals surface area contributed by atoms with Crippen LogP contribution in [-0.2, 0) is 4.79 Å². The number of nitrogens with zero attached hydrogens (tertiary/aromatic N) is 1. The number of hydrogen-bond acceptors (Lipinski definition) is 2. The third kappa shape index (κ3) is 2.69. The fraction of sp³-hybridized carbons (Fsp3) is 0.900. The number of rotatable bonds is 1. The zero-order valence-corrected chi connectivity index (χ0v) is 8.84. The lowest BCUT2D eigenvalue weighted by Gasteiger charge is -2.30. The van der Waals surface area contributed by atoms with Crippen molar-refractivity contribution in [2.24, 2.45) is 11.8 Å². The Morgan fingerprint density at radius 2 is 2.15 bits per heavy atom. The van der Waals surface area contributed by atoms with Gasteiger partial charge in [0.25, 0.3) is 0 Å². The van der Waals surface area contributed by atoms with E-state index in [9.17, 15) is 4.79 Å². The zero-order chi connectivity index (χ0) is 9.84. The van der Waals surface area contributed by atoms with Crippen LogP contribution < -0.4 is 5.32 Å². The fourth-order valence-electron chi connectivity index (χ4n) is 1.76. The molecule has 3 nitrogen and oxygen atoms in total. The lowest BCUT2D eigenvalue weighted by Crippen LogP contribution is -2.46. The Balaban J connectivity index is 2.61. The van der Waals surface area contributed by atoms with Crippen LogP contribution in [0.1, 0.15) is 20.8 Å². The van der Waals surface area contributed by atoms with Crippen LogP contribution in [0.4, 0.5) is 0 Å². The van der Waals surface area contributed by atoms with Crippen molar-refractivity contribution in [1.29, 1.82) is 0 Å². The topological polar surface area (TPSA) is 32.3 Å². The van der Waals surface area contributed by atoms with E-state index in [2.05, 4.69) is 12.2 Å². The average Bonchev–Trinajstić information content (AvgIpc) is 2.11. The summed E-state index contributed by atoms with van der Waals surface area (Å²) in [6.45, 7) is 9.80. The molecular formula is C10H20N2O. The summed E-state index contributed by atoms with van der Waals surface area (Å²) in [6.07, 6.45) is 0. The van der Waals surface area contributed by atoms with E-state index in [-0.39, 0.29) is 5.92 Å². The molecule has 1 aliphatic rings. The van der Waals surface area contributed by atoms with Crippen molar-refractivity contribution < 1.29 is 4.79 Å². The summed E-state index contributed by atoms with van der Waals surface area (Å²) in [5, 5.41) is 3.31. The zero-order valence-electron chi connectivity index (χ0n) is 8.84. The summed E-state index contributed by atoms with van der Waals surface area (Å²) in [6, 6.07) is 0. The molecule has 1 rings (SSSR count). The molecule has 0 spiro atoms. The second-order valence-corrected chi connectivity index (χ2v) is 4.04. The maximum Gasteiger partial charge on any atom is 0.226 e. The summed E-state index contributed by atoms with van der Waals surface area (Å²) in [5.74, 6) is 0.991. The first-order valence-electron chi connectivity index (χ1n) is 5.14. The van der Waals surface area contributed by atoms with Crippen LogP contribution in [-0.4, -0.2) is 37.0 Å². The van der Waals surface area contributed by atoms with Gasteiger partial charge in [0.2, 0.25) is 5.91 Å². The molecule has 0 aromatic carbocycles. The van der Waals surface area contributed by atoms with Gasteiger partial charge in [0.15, 0.2) is 0 Å². The van der Waals surface area contributed by atoms with Crippen molar-refractivity contribution in [3.8, 4) is 0 Å². The van der Waals surface area contributed by atoms with E-state index in [4.69, 9.17) is 0 Å². The highest BCUT2D eigenvalue weighted by atomic mass is 16.2. The molecular weight excluding hydrogens is 164 g/mol. The minimum absolute atomic E-state index is 0.132. The first-order chi connectivity index (χ1) is 6.15. The van der Waals surface area contributed by atoms with Crippen molar-refractivity contribution in [3.63, 3.8) is 0 Å². The molecule has 1 aliphatic heterocycles. The van der Waals surface area contributed by atoms with Crippen LogP contribution in [0.2, 0.25) is 0 Å². The normalized spacial score (nSPS) is 31.3. The van der Waals surface area contributed by atoms with Gasteiger partial charge in [-0.2, -0.15) is 0 Å². The van der Waals surface area contributed by atoms with E-state index < -0.39 is 0 Å². The molecule has 0 aromatic rings. The molecule has 0 bridgehead atoms. The minimum atomic E-state index is 0.132. The predicted molar refractivity (Wildman–Crippen MR) is 53.5 cm³/mol.